The molecule has 0 spiro atoms. The zero-order chi connectivity index (χ0) is 13.0. The largest absolute Gasteiger partial charge is 0.355 e. The van der Waals surface area contributed by atoms with Crippen molar-refractivity contribution in [1.29, 1.82) is 0 Å². The molecule has 1 aliphatic heterocycles. The van der Waals surface area contributed by atoms with Gasteiger partial charge in [-0.1, -0.05) is 13.8 Å². The maximum Gasteiger partial charge on any atom is 0.129 e. The smallest absolute Gasteiger partial charge is 0.129 e. The van der Waals surface area contributed by atoms with E-state index in [9.17, 15) is 0 Å². The molecule has 0 aromatic carbocycles. The number of hydrogen-bond donors (Lipinski definition) is 0. The third-order valence-electron chi connectivity index (χ3n) is 3.36. The molecule has 1 saturated heterocycles. The first-order valence-electron chi connectivity index (χ1n) is 6.69. The Bertz CT molecular complexity index is 375. The first kappa shape index (κ1) is 14.0. The van der Waals surface area contributed by atoms with Gasteiger partial charge in [0.15, 0.2) is 0 Å². The predicted octanol–water partition coefficient (Wildman–Crippen LogP) is 3.71. The Hall–Kier alpha value is -0.410. The lowest BCUT2D eigenvalue weighted by atomic mass is 10.2. The SMILES string of the molecule is CCc1cc(CCl)cc(N2CCSC(CC)C2)n1. The number of halogens is 1. The molecule has 4 heteroatoms. The van der Waals surface area contributed by atoms with Gasteiger partial charge in [0, 0.05) is 35.7 Å². The van der Waals surface area contributed by atoms with Crippen LogP contribution in [0.25, 0.3) is 0 Å². The van der Waals surface area contributed by atoms with Crippen LogP contribution in [0.15, 0.2) is 12.1 Å². The standard InChI is InChI=1S/C14H21ClN2S/c1-3-12-7-11(9-15)8-14(16-12)17-5-6-18-13(4-2)10-17/h7-8,13H,3-6,9-10H2,1-2H3. The topological polar surface area (TPSA) is 16.1 Å². The average molecular weight is 285 g/mol. The lowest BCUT2D eigenvalue weighted by Gasteiger charge is -2.33. The van der Waals surface area contributed by atoms with Crippen molar-refractivity contribution in [2.75, 3.05) is 23.7 Å². The van der Waals surface area contributed by atoms with E-state index in [0.717, 1.165) is 36.3 Å². The first-order valence-corrected chi connectivity index (χ1v) is 8.27. The van der Waals surface area contributed by atoms with Crippen molar-refractivity contribution in [2.45, 2.75) is 37.8 Å². The van der Waals surface area contributed by atoms with E-state index >= 15 is 0 Å². The van der Waals surface area contributed by atoms with Gasteiger partial charge in [-0.15, -0.1) is 11.6 Å². The summed E-state index contributed by atoms with van der Waals surface area (Å²) < 4.78 is 0. The van der Waals surface area contributed by atoms with Gasteiger partial charge >= 0.3 is 0 Å². The van der Waals surface area contributed by atoms with Gasteiger partial charge in [-0.05, 0) is 30.5 Å². The van der Waals surface area contributed by atoms with Crippen molar-refractivity contribution < 1.29 is 0 Å². The number of rotatable bonds is 4. The van der Waals surface area contributed by atoms with Gasteiger partial charge < -0.3 is 4.90 Å². The summed E-state index contributed by atoms with van der Waals surface area (Å²) >= 11 is 8.06. The van der Waals surface area contributed by atoms with Crippen molar-refractivity contribution in [2.24, 2.45) is 0 Å². The number of aromatic nitrogens is 1. The normalized spacial score (nSPS) is 20.2. The molecule has 1 unspecified atom stereocenters. The minimum Gasteiger partial charge on any atom is -0.355 e. The van der Waals surface area contributed by atoms with Crippen LogP contribution in [0.3, 0.4) is 0 Å². The summed E-state index contributed by atoms with van der Waals surface area (Å²) in [5.41, 5.74) is 2.33. The number of nitrogens with zero attached hydrogens (tertiary/aromatic N) is 2. The Morgan fingerprint density at radius 3 is 2.94 bits per heavy atom. The second-order valence-electron chi connectivity index (χ2n) is 4.66. The summed E-state index contributed by atoms with van der Waals surface area (Å²) in [6.45, 7) is 6.62. The third kappa shape index (κ3) is 3.33. The van der Waals surface area contributed by atoms with Crippen LogP contribution in [-0.4, -0.2) is 29.1 Å². The van der Waals surface area contributed by atoms with Crippen LogP contribution in [-0.2, 0) is 12.3 Å². The molecule has 1 aliphatic rings. The Morgan fingerprint density at radius 1 is 1.44 bits per heavy atom. The van der Waals surface area contributed by atoms with E-state index in [1.807, 2.05) is 0 Å². The van der Waals surface area contributed by atoms with Crippen molar-refractivity contribution in [1.82, 2.24) is 4.98 Å². The van der Waals surface area contributed by atoms with Gasteiger partial charge in [-0.3, -0.25) is 0 Å². The molecule has 0 amide bonds. The lowest BCUT2D eigenvalue weighted by molar-refractivity contribution is 0.717. The Balaban J connectivity index is 2.20. The molecule has 1 fully saturated rings. The zero-order valence-electron chi connectivity index (χ0n) is 11.2. The number of thioether (sulfide) groups is 1. The monoisotopic (exact) mass is 284 g/mol. The summed E-state index contributed by atoms with van der Waals surface area (Å²) in [5, 5.41) is 0.741. The minimum absolute atomic E-state index is 0.572. The predicted molar refractivity (Wildman–Crippen MR) is 81.9 cm³/mol. The number of hydrogen-bond acceptors (Lipinski definition) is 3. The highest BCUT2D eigenvalue weighted by Crippen LogP contribution is 2.26. The Kier molecular flexibility index (Phi) is 5.19. The molecule has 1 aromatic heterocycles. The van der Waals surface area contributed by atoms with Crippen LogP contribution in [0, 0.1) is 0 Å². The third-order valence-corrected chi connectivity index (χ3v) is 5.04. The molecule has 0 saturated carbocycles. The summed E-state index contributed by atoms with van der Waals surface area (Å²) in [5.74, 6) is 2.89. The van der Waals surface area contributed by atoms with Crippen LogP contribution in [0.5, 0.6) is 0 Å². The first-order chi connectivity index (χ1) is 8.76. The zero-order valence-corrected chi connectivity index (χ0v) is 12.7. The highest BCUT2D eigenvalue weighted by atomic mass is 35.5. The molecule has 2 rings (SSSR count). The molecule has 1 aromatic rings. The van der Waals surface area contributed by atoms with Crippen LogP contribution in [0.1, 0.15) is 31.5 Å². The number of pyridine rings is 1. The van der Waals surface area contributed by atoms with Gasteiger partial charge in [0.05, 0.1) is 0 Å². The van der Waals surface area contributed by atoms with Crippen LogP contribution < -0.4 is 4.90 Å². The number of aryl methyl sites for hydroxylation is 1. The molecule has 0 aliphatic carbocycles. The average Bonchev–Trinajstić information content (AvgIpc) is 2.46. The van der Waals surface area contributed by atoms with E-state index < -0.39 is 0 Å². The highest BCUT2D eigenvalue weighted by Gasteiger charge is 2.20. The van der Waals surface area contributed by atoms with Crippen molar-refractivity contribution in [3.8, 4) is 0 Å². The van der Waals surface area contributed by atoms with Gasteiger partial charge in [0.1, 0.15) is 5.82 Å². The molecule has 1 atom stereocenters. The van der Waals surface area contributed by atoms with Crippen LogP contribution in [0.4, 0.5) is 5.82 Å². The maximum atomic E-state index is 5.97. The van der Waals surface area contributed by atoms with Gasteiger partial charge in [0.25, 0.3) is 0 Å². The molecule has 18 heavy (non-hydrogen) atoms. The summed E-state index contributed by atoms with van der Waals surface area (Å²) in [7, 11) is 0. The molecule has 0 radical (unpaired) electrons. The molecular formula is C14H21ClN2S. The fraction of sp³-hybridized carbons (Fsp3) is 0.643. The minimum atomic E-state index is 0.572. The Labute approximate surface area is 119 Å². The quantitative estimate of drug-likeness (QED) is 0.784. The molecule has 0 bridgehead atoms. The lowest BCUT2D eigenvalue weighted by Crippen LogP contribution is -2.38. The van der Waals surface area contributed by atoms with E-state index in [4.69, 9.17) is 16.6 Å². The van der Waals surface area contributed by atoms with E-state index in [1.54, 1.807) is 0 Å². The fourth-order valence-corrected chi connectivity index (χ4v) is 3.56. The van der Waals surface area contributed by atoms with Crippen LogP contribution >= 0.6 is 23.4 Å². The molecule has 2 nitrogen and oxygen atoms in total. The molecule has 0 N–H and O–H groups in total. The Morgan fingerprint density at radius 2 is 2.28 bits per heavy atom. The molecule has 100 valence electrons. The second kappa shape index (κ2) is 6.67. The van der Waals surface area contributed by atoms with Crippen molar-refractivity contribution in [3.05, 3.63) is 23.4 Å². The number of anilines is 1. The van der Waals surface area contributed by atoms with Gasteiger partial charge in [0.2, 0.25) is 0 Å². The second-order valence-corrected chi connectivity index (χ2v) is 6.33. The summed E-state index contributed by atoms with van der Waals surface area (Å²) in [6, 6.07) is 4.27. The summed E-state index contributed by atoms with van der Waals surface area (Å²) in [4.78, 5) is 7.17. The molecular weight excluding hydrogens is 264 g/mol. The number of alkyl halides is 1. The van der Waals surface area contributed by atoms with E-state index in [-0.39, 0.29) is 0 Å². The van der Waals surface area contributed by atoms with E-state index in [2.05, 4.69) is 42.6 Å². The molecule has 2 heterocycles. The van der Waals surface area contributed by atoms with Gasteiger partial charge in [-0.25, -0.2) is 4.98 Å². The summed E-state index contributed by atoms with van der Waals surface area (Å²) in [6.07, 6.45) is 2.20. The van der Waals surface area contributed by atoms with Gasteiger partial charge in [-0.2, -0.15) is 11.8 Å². The van der Waals surface area contributed by atoms with E-state index in [1.165, 1.54) is 17.7 Å². The maximum absolute atomic E-state index is 5.97. The van der Waals surface area contributed by atoms with Crippen molar-refractivity contribution in [3.63, 3.8) is 0 Å². The van der Waals surface area contributed by atoms with Crippen LogP contribution in [0.2, 0.25) is 0 Å². The fourth-order valence-electron chi connectivity index (χ4n) is 2.23. The van der Waals surface area contributed by atoms with E-state index in [0.29, 0.717) is 5.88 Å². The highest BCUT2D eigenvalue weighted by molar-refractivity contribution is 8.00. The van der Waals surface area contributed by atoms with Crippen molar-refractivity contribution >= 4 is 29.2 Å².